The predicted octanol–water partition coefficient (Wildman–Crippen LogP) is 1.76. The lowest BCUT2D eigenvalue weighted by molar-refractivity contribution is 0.0787. The number of nitrogens with two attached hydrogens (primary N) is 1. The lowest BCUT2D eigenvalue weighted by Crippen LogP contribution is -2.11. The molecule has 92 valence electrons. The van der Waals surface area contributed by atoms with Gasteiger partial charge in [-0.1, -0.05) is 0 Å². The highest BCUT2D eigenvalue weighted by atomic mass is 16.5. The molecule has 0 aliphatic carbocycles. The Labute approximate surface area is 102 Å². The minimum Gasteiger partial charge on any atom is -0.396 e. The summed E-state index contributed by atoms with van der Waals surface area (Å²) in [5, 5.41) is 11.8. The zero-order valence-electron chi connectivity index (χ0n) is 10.2. The fourth-order valence-corrected chi connectivity index (χ4v) is 1.29. The first-order valence-electron chi connectivity index (χ1n) is 5.64. The molecule has 0 saturated carbocycles. The van der Waals surface area contributed by atoms with Gasteiger partial charge in [0.15, 0.2) is 0 Å². The molecule has 1 aromatic rings. The Hall–Kier alpha value is -1.80. The van der Waals surface area contributed by atoms with Gasteiger partial charge < -0.3 is 15.8 Å². The number of nitriles is 1. The quantitative estimate of drug-likeness (QED) is 0.733. The number of nitrogens with zero attached hydrogens (tertiary/aromatic N) is 2. The van der Waals surface area contributed by atoms with Crippen LogP contribution in [0.15, 0.2) is 12.3 Å². The van der Waals surface area contributed by atoms with Crippen LogP contribution in [0.3, 0.4) is 0 Å². The van der Waals surface area contributed by atoms with Crippen LogP contribution in [0.4, 0.5) is 11.5 Å². The predicted molar refractivity (Wildman–Crippen MR) is 67.6 cm³/mol. The molecule has 0 fully saturated rings. The fraction of sp³-hybridized carbons (Fsp3) is 0.500. The Kier molecular flexibility index (Phi) is 5.24. The molecule has 5 nitrogen and oxygen atoms in total. The van der Waals surface area contributed by atoms with E-state index in [2.05, 4.69) is 10.3 Å². The van der Waals surface area contributed by atoms with Gasteiger partial charge in [-0.25, -0.2) is 4.98 Å². The van der Waals surface area contributed by atoms with E-state index in [1.165, 1.54) is 6.20 Å². The lowest BCUT2D eigenvalue weighted by atomic mass is 10.3. The second-order valence-corrected chi connectivity index (χ2v) is 3.97. The van der Waals surface area contributed by atoms with Gasteiger partial charge in [0.1, 0.15) is 11.9 Å². The van der Waals surface area contributed by atoms with Gasteiger partial charge in [0.2, 0.25) is 0 Å². The number of anilines is 2. The number of aromatic nitrogens is 1. The van der Waals surface area contributed by atoms with E-state index in [0.717, 1.165) is 13.0 Å². The zero-order chi connectivity index (χ0) is 12.7. The lowest BCUT2D eigenvalue weighted by Gasteiger charge is -2.09. The van der Waals surface area contributed by atoms with Crippen molar-refractivity contribution in [2.24, 2.45) is 0 Å². The third-order valence-corrected chi connectivity index (χ3v) is 2.11. The number of rotatable bonds is 6. The maximum absolute atomic E-state index is 8.67. The smallest absolute Gasteiger partial charge is 0.149 e. The second-order valence-electron chi connectivity index (χ2n) is 3.97. The van der Waals surface area contributed by atoms with E-state index in [1.807, 2.05) is 19.9 Å². The molecule has 0 saturated heterocycles. The van der Waals surface area contributed by atoms with Crippen molar-refractivity contribution in [1.82, 2.24) is 4.98 Å². The van der Waals surface area contributed by atoms with Gasteiger partial charge in [-0.15, -0.1) is 0 Å². The largest absolute Gasteiger partial charge is 0.396 e. The summed E-state index contributed by atoms with van der Waals surface area (Å²) >= 11 is 0. The van der Waals surface area contributed by atoms with Crippen LogP contribution in [0.1, 0.15) is 25.8 Å². The van der Waals surface area contributed by atoms with Gasteiger partial charge in [0.05, 0.1) is 17.4 Å². The van der Waals surface area contributed by atoms with Gasteiger partial charge in [0.25, 0.3) is 0 Å². The van der Waals surface area contributed by atoms with E-state index in [4.69, 9.17) is 15.7 Å². The van der Waals surface area contributed by atoms with E-state index in [9.17, 15) is 0 Å². The third-order valence-electron chi connectivity index (χ3n) is 2.11. The fourth-order valence-electron chi connectivity index (χ4n) is 1.29. The van der Waals surface area contributed by atoms with Crippen LogP contribution in [0.2, 0.25) is 0 Å². The summed E-state index contributed by atoms with van der Waals surface area (Å²) in [6.45, 7) is 5.47. The van der Waals surface area contributed by atoms with Gasteiger partial charge in [-0.2, -0.15) is 5.26 Å². The van der Waals surface area contributed by atoms with Gasteiger partial charge in [-0.3, -0.25) is 0 Å². The van der Waals surface area contributed by atoms with Crippen molar-refractivity contribution in [3.63, 3.8) is 0 Å². The number of pyridine rings is 1. The zero-order valence-corrected chi connectivity index (χ0v) is 10.2. The van der Waals surface area contributed by atoms with E-state index < -0.39 is 0 Å². The molecule has 17 heavy (non-hydrogen) atoms. The maximum atomic E-state index is 8.67. The molecule has 0 unspecified atom stereocenters. The van der Waals surface area contributed by atoms with Crippen molar-refractivity contribution in [2.75, 3.05) is 24.2 Å². The molecule has 0 aliphatic heterocycles. The van der Waals surface area contributed by atoms with Crippen LogP contribution >= 0.6 is 0 Å². The second kappa shape index (κ2) is 6.71. The first-order chi connectivity index (χ1) is 8.13. The molecular formula is C12H18N4O. The molecule has 5 heteroatoms. The van der Waals surface area contributed by atoms with Crippen LogP contribution < -0.4 is 11.1 Å². The first-order valence-corrected chi connectivity index (χ1v) is 5.64. The molecule has 0 radical (unpaired) electrons. The van der Waals surface area contributed by atoms with Crippen molar-refractivity contribution in [3.8, 4) is 6.07 Å². The third kappa shape index (κ3) is 4.70. The molecule has 3 N–H and O–H groups in total. The van der Waals surface area contributed by atoms with Crippen LogP contribution in [0.25, 0.3) is 0 Å². The van der Waals surface area contributed by atoms with Crippen molar-refractivity contribution < 1.29 is 4.74 Å². The molecule has 0 atom stereocenters. The number of nitrogens with one attached hydrogen (secondary N) is 1. The van der Waals surface area contributed by atoms with E-state index in [0.29, 0.717) is 23.7 Å². The highest BCUT2D eigenvalue weighted by Crippen LogP contribution is 2.15. The topological polar surface area (TPSA) is 84.0 Å². The average molecular weight is 234 g/mol. The minimum absolute atomic E-state index is 0.258. The van der Waals surface area contributed by atoms with Crippen LogP contribution in [-0.4, -0.2) is 24.2 Å². The van der Waals surface area contributed by atoms with E-state index in [-0.39, 0.29) is 6.10 Å². The Morgan fingerprint density at radius 2 is 2.35 bits per heavy atom. The van der Waals surface area contributed by atoms with Crippen molar-refractivity contribution in [2.45, 2.75) is 26.4 Å². The Morgan fingerprint density at radius 1 is 1.59 bits per heavy atom. The van der Waals surface area contributed by atoms with Crippen molar-refractivity contribution >= 4 is 11.5 Å². The molecule has 0 bridgehead atoms. The number of ether oxygens (including phenoxy) is 1. The number of hydrogen-bond acceptors (Lipinski definition) is 5. The summed E-state index contributed by atoms with van der Waals surface area (Å²) in [5.41, 5.74) is 6.72. The Morgan fingerprint density at radius 3 is 2.94 bits per heavy atom. The van der Waals surface area contributed by atoms with Crippen molar-refractivity contribution in [1.29, 1.82) is 5.26 Å². The first kappa shape index (κ1) is 13.3. The van der Waals surface area contributed by atoms with Gasteiger partial charge in [0, 0.05) is 19.3 Å². The molecular weight excluding hydrogens is 216 g/mol. The summed E-state index contributed by atoms with van der Waals surface area (Å²) < 4.78 is 5.41. The molecule has 1 rings (SSSR count). The Bertz CT molecular complexity index is 398. The van der Waals surface area contributed by atoms with Crippen LogP contribution in [0.5, 0.6) is 0 Å². The van der Waals surface area contributed by atoms with Crippen molar-refractivity contribution in [3.05, 3.63) is 17.8 Å². The average Bonchev–Trinajstić information content (AvgIpc) is 2.30. The molecule has 0 aromatic carbocycles. The summed E-state index contributed by atoms with van der Waals surface area (Å²) in [7, 11) is 0. The highest BCUT2D eigenvalue weighted by molar-refractivity contribution is 5.62. The number of hydrogen-bond donors (Lipinski definition) is 2. The molecule has 1 heterocycles. The summed E-state index contributed by atoms with van der Waals surface area (Å²) in [6, 6.07) is 3.60. The SMILES string of the molecule is CC(C)OCCCNc1ncc(C#N)cc1N. The van der Waals surface area contributed by atoms with E-state index in [1.54, 1.807) is 6.07 Å². The minimum atomic E-state index is 0.258. The molecule has 0 aliphatic rings. The summed E-state index contributed by atoms with van der Waals surface area (Å²) in [6.07, 6.45) is 2.65. The molecule has 1 aromatic heterocycles. The normalized spacial score (nSPS) is 10.2. The van der Waals surface area contributed by atoms with E-state index >= 15 is 0 Å². The van der Waals surface area contributed by atoms with Crippen LogP contribution in [0, 0.1) is 11.3 Å². The van der Waals surface area contributed by atoms with Crippen LogP contribution in [-0.2, 0) is 4.74 Å². The number of nitrogen functional groups attached to an aromatic ring is 1. The molecule has 0 spiro atoms. The summed E-state index contributed by atoms with van der Waals surface area (Å²) in [5.74, 6) is 0.619. The molecule has 0 amide bonds. The standard InChI is InChI=1S/C12H18N4O/c1-9(2)17-5-3-4-15-12-11(14)6-10(7-13)8-16-12/h6,8-9H,3-5,14H2,1-2H3,(H,15,16). The maximum Gasteiger partial charge on any atom is 0.149 e. The van der Waals surface area contributed by atoms with Gasteiger partial charge >= 0.3 is 0 Å². The summed E-state index contributed by atoms with van der Waals surface area (Å²) in [4.78, 5) is 4.08. The monoisotopic (exact) mass is 234 g/mol. The highest BCUT2D eigenvalue weighted by Gasteiger charge is 2.01. The van der Waals surface area contributed by atoms with Gasteiger partial charge in [-0.05, 0) is 26.3 Å². The Balaban J connectivity index is 2.35.